The Bertz CT molecular complexity index is 646. The van der Waals surface area contributed by atoms with Crippen LogP contribution < -0.4 is 5.32 Å². The summed E-state index contributed by atoms with van der Waals surface area (Å²) in [7, 11) is -0.463. The molecule has 0 amide bonds. The number of carbonyl (C=O) groups excluding carboxylic acids is 1. The van der Waals surface area contributed by atoms with Gasteiger partial charge in [0.05, 0.1) is 7.11 Å². The van der Waals surface area contributed by atoms with Gasteiger partial charge >= 0.3 is 5.97 Å². The molecule has 1 aliphatic heterocycles. The third-order valence-electron chi connectivity index (χ3n) is 4.26. The van der Waals surface area contributed by atoms with E-state index in [1.807, 2.05) is 7.05 Å². The average molecular weight is 361 g/mol. The second-order valence-electron chi connectivity index (χ2n) is 5.81. The van der Waals surface area contributed by atoms with Crippen molar-refractivity contribution in [1.29, 1.82) is 0 Å². The van der Waals surface area contributed by atoms with Gasteiger partial charge in [-0.25, -0.2) is 13.2 Å². The zero-order valence-corrected chi connectivity index (χ0v) is 15.4. The Balaban J connectivity index is 2.18. The van der Waals surface area contributed by atoms with E-state index in [0.717, 1.165) is 37.1 Å². The predicted octanol–water partition coefficient (Wildman–Crippen LogP) is 1.85. The van der Waals surface area contributed by atoms with Gasteiger partial charge in [0.25, 0.3) is 0 Å². The Kier molecular flexibility index (Phi) is 6.19. The highest BCUT2D eigenvalue weighted by Gasteiger charge is 2.34. The SMILES string of the molecule is CNCCC1CCN(S(=O)(=O)c2c(C)csc2C(=O)OC)CC1. The smallest absolute Gasteiger partial charge is 0.349 e. The van der Waals surface area contributed by atoms with Crippen LogP contribution >= 0.6 is 11.3 Å². The quantitative estimate of drug-likeness (QED) is 0.784. The number of rotatable bonds is 6. The van der Waals surface area contributed by atoms with Crippen LogP contribution in [0.4, 0.5) is 0 Å². The summed E-state index contributed by atoms with van der Waals surface area (Å²) in [6.07, 6.45) is 2.78. The van der Waals surface area contributed by atoms with Gasteiger partial charge in [0.1, 0.15) is 9.77 Å². The van der Waals surface area contributed by atoms with E-state index in [1.165, 1.54) is 11.4 Å². The van der Waals surface area contributed by atoms with Crippen molar-refractivity contribution in [1.82, 2.24) is 9.62 Å². The van der Waals surface area contributed by atoms with Crippen LogP contribution in [-0.4, -0.2) is 52.5 Å². The standard InChI is InChI=1S/C15H24N2O4S2/c1-11-10-22-13(15(18)21-3)14(11)23(19,20)17-8-5-12(6-9-17)4-7-16-2/h10,12,16H,4-9H2,1-3H3. The highest BCUT2D eigenvalue weighted by molar-refractivity contribution is 7.89. The molecule has 0 aromatic carbocycles. The summed E-state index contributed by atoms with van der Waals surface area (Å²) in [4.78, 5) is 12.1. The average Bonchev–Trinajstić information content (AvgIpc) is 2.95. The van der Waals surface area contributed by atoms with Crippen LogP contribution in [0.2, 0.25) is 0 Å². The molecule has 1 aliphatic rings. The molecule has 2 rings (SSSR count). The molecule has 0 spiro atoms. The van der Waals surface area contributed by atoms with Crippen LogP contribution in [0.25, 0.3) is 0 Å². The molecule has 0 atom stereocenters. The summed E-state index contributed by atoms with van der Waals surface area (Å²) < 4.78 is 32.1. The summed E-state index contributed by atoms with van der Waals surface area (Å²) in [5.41, 5.74) is 0.604. The maximum Gasteiger partial charge on any atom is 0.349 e. The highest BCUT2D eigenvalue weighted by atomic mass is 32.2. The van der Waals surface area contributed by atoms with E-state index >= 15 is 0 Å². The van der Waals surface area contributed by atoms with Gasteiger partial charge in [-0.3, -0.25) is 0 Å². The summed E-state index contributed by atoms with van der Waals surface area (Å²) >= 11 is 1.12. The first-order valence-electron chi connectivity index (χ1n) is 7.73. The van der Waals surface area contributed by atoms with Crippen LogP contribution in [0.1, 0.15) is 34.5 Å². The Morgan fingerprint density at radius 1 is 1.43 bits per heavy atom. The van der Waals surface area contributed by atoms with Crippen molar-refractivity contribution in [2.24, 2.45) is 5.92 Å². The fourth-order valence-electron chi connectivity index (χ4n) is 2.90. The Morgan fingerprint density at radius 2 is 2.09 bits per heavy atom. The maximum atomic E-state index is 12.9. The molecular formula is C15H24N2O4S2. The Morgan fingerprint density at radius 3 is 2.65 bits per heavy atom. The maximum absolute atomic E-state index is 12.9. The summed E-state index contributed by atoms with van der Waals surface area (Å²) in [5.74, 6) is -0.0388. The van der Waals surface area contributed by atoms with Crippen molar-refractivity contribution in [3.8, 4) is 0 Å². The van der Waals surface area contributed by atoms with Gasteiger partial charge in [-0.05, 0) is 56.6 Å². The van der Waals surface area contributed by atoms with E-state index in [0.29, 0.717) is 24.6 Å². The van der Waals surface area contributed by atoms with E-state index in [4.69, 9.17) is 4.74 Å². The molecule has 8 heteroatoms. The van der Waals surface area contributed by atoms with Gasteiger partial charge in [-0.2, -0.15) is 4.31 Å². The lowest BCUT2D eigenvalue weighted by Crippen LogP contribution is -2.39. The summed E-state index contributed by atoms with van der Waals surface area (Å²) in [6.45, 7) is 3.68. The van der Waals surface area contributed by atoms with Crippen molar-refractivity contribution in [3.63, 3.8) is 0 Å². The van der Waals surface area contributed by atoms with Crippen LogP contribution in [0.5, 0.6) is 0 Å². The molecular weight excluding hydrogens is 336 g/mol. The number of nitrogens with zero attached hydrogens (tertiary/aromatic N) is 1. The second-order valence-corrected chi connectivity index (χ2v) is 8.56. The largest absolute Gasteiger partial charge is 0.465 e. The van der Waals surface area contributed by atoms with E-state index in [-0.39, 0.29) is 9.77 Å². The number of sulfonamides is 1. The molecule has 2 heterocycles. The predicted molar refractivity (Wildman–Crippen MR) is 90.4 cm³/mol. The topological polar surface area (TPSA) is 75.7 Å². The minimum atomic E-state index is -3.65. The van der Waals surface area contributed by atoms with Gasteiger partial charge in [-0.1, -0.05) is 0 Å². The van der Waals surface area contributed by atoms with Crippen LogP contribution in [0.3, 0.4) is 0 Å². The van der Waals surface area contributed by atoms with E-state index in [1.54, 1.807) is 12.3 Å². The fraction of sp³-hybridized carbons (Fsp3) is 0.667. The molecule has 0 bridgehead atoms. The lowest BCUT2D eigenvalue weighted by atomic mass is 9.95. The normalized spacial score (nSPS) is 17.3. The van der Waals surface area contributed by atoms with Crippen LogP contribution in [0.15, 0.2) is 10.3 Å². The summed E-state index contributed by atoms with van der Waals surface area (Å²) in [6, 6.07) is 0. The number of nitrogens with one attached hydrogen (secondary N) is 1. The number of carbonyl (C=O) groups is 1. The van der Waals surface area contributed by atoms with E-state index in [9.17, 15) is 13.2 Å². The molecule has 130 valence electrons. The van der Waals surface area contributed by atoms with Gasteiger partial charge in [0, 0.05) is 13.1 Å². The number of hydrogen-bond donors (Lipinski definition) is 1. The Labute approximate surface area is 141 Å². The first-order valence-corrected chi connectivity index (χ1v) is 10.0. The number of aryl methyl sites for hydroxylation is 1. The molecule has 23 heavy (non-hydrogen) atoms. The molecule has 0 unspecified atom stereocenters. The number of hydrogen-bond acceptors (Lipinski definition) is 6. The number of methoxy groups -OCH3 is 1. The Hall–Kier alpha value is -0.960. The number of ether oxygens (including phenoxy) is 1. The highest BCUT2D eigenvalue weighted by Crippen LogP contribution is 2.32. The van der Waals surface area contributed by atoms with Crippen molar-refractivity contribution >= 4 is 27.3 Å². The molecule has 0 radical (unpaired) electrons. The summed E-state index contributed by atoms with van der Waals surface area (Å²) in [5, 5.41) is 4.82. The lowest BCUT2D eigenvalue weighted by Gasteiger charge is -2.31. The molecule has 0 aliphatic carbocycles. The fourth-order valence-corrected chi connectivity index (χ4v) is 6.03. The number of thiophene rings is 1. The molecule has 1 aromatic heterocycles. The second kappa shape index (κ2) is 7.74. The zero-order valence-electron chi connectivity index (χ0n) is 13.8. The third-order valence-corrected chi connectivity index (χ3v) is 7.56. The molecule has 1 saturated heterocycles. The van der Waals surface area contributed by atoms with Crippen molar-refractivity contribution in [3.05, 3.63) is 15.8 Å². The molecule has 6 nitrogen and oxygen atoms in total. The van der Waals surface area contributed by atoms with Crippen molar-refractivity contribution in [2.75, 3.05) is 33.8 Å². The first kappa shape index (κ1) is 18.4. The lowest BCUT2D eigenvalue weighted by molar-refractivity contribution is 0.0602. The van der Waals surface area contributed by atoms with Crippen molar-refractivity contribution < 1.29 is 17.9 Å². The first-order chi connectivity index (χ1) is 10.9. The molecule has 1 fully saturated rings. The molecule has 0 saturated carbocycles. The van der Waals surface area contributed by atoms with Gasteiger partial charge < -0.3 is 10.1 Å². The van der Waals surface area contributed by atoms with Crippen LogP contribution in [-0.2, 0) is 14.8 Å². The minimum absolute atomic E-state index is 0.114. The van der Waals surface area contributed by atoms with Gasteiger partial charge in [0.15, 0.2) is 0 Å². The molecule has 1 aromatic rings. The third kappa shape index (κ3) is 3.93. The number of esters is 1. The number of piperidine rings is 1. The van der Waals surface area contributed by atoms with Crippen LogP contribution in [0, 0.1) is 12.8 Å². The van der Waals surface area contributed by atoms with E-state index < -0.39 is 16.0 Å². The van der Waals surface area contributed by atoms with Crippen molar-refractivity contribution in [2.45, 2.75) is 31.1 Å². The minimum Gasteiger partial charge on any atom is -0.465 e. The van der Waals surface area contributed by atoms with Gasteiger partial charge in [0.2, 0.25) is 10.0 Å². The zero-order chi connectivity index (χ0) is 17.0. The van der Waals surface area contributed by atoms with Gasteiger partial charge in [-0.15, -0.1) is 11.3 Å². The molecule has 1 N–H and O–H groups in total. The van der Waals surface area contributed by atoms with E-state index in [2.05, 4.69) is 5.32 Å². The monoisotopic (exact) mass is 360 g/mol.